The highest BCUT2D eigenvalue weighted by Crippen LogP contribution is 2.19. The van der Waals surface area contributed by atoms with Crippen molar-refractivity contribution in [1.82, 2.24) is 15.1 Å². The molecule has 1 N–H and O–H groups in total. The van der Waals surface area contributed by atoms with Crippen LogP contribution in [0.5, 0.6) is 11.5 Å². The summed E-state index contributed by atoms with van der Waals surface area (Å²) in [6.45, 7) is 2.54. The van der Waals surface area contributed by atoms with E-state index in [1.54, 1.807) is 23.9 Å². The molecule has 1 amide bonds. The zero-order valence-corrected chi connectivity index (χ0v) is 15.0. The molecule has 3 aromatic rings. The number of aromatic nitrogens is 2. The molecule has 2 aromatic heterocycles. The predicted octanol–water partition coefficient (Wildman–Crippen LogP) is 2.84. The molecule has 0 aliphatic rings. The van der Waals surface area contributed by atoms with Crippen LogP contribution >= 0.6 is 0 Å². The summed E-state index contributed by atoms with van der Waals surface area (Å²) >= 11 is 0. The second kappa shape index (κ2) is 7.77. The van der Waals surface area contributed by atoms with Crippen molar-refractivity contribution in [3.63, 3.8) is 0 Å². The number of methoxy groups -OCH3 is 1. The fourth-order valence-corrected chi connectivity index (χ4v) is 2.38. The summed E-state index contributed by atoms with van der Waals surface area (Å²) < 4.78 is 18.0. The number of carbonyl (C=O) groups is 1. The lowest BCUT2D eigenvalue weighted by molar-refractivity contribution is 0.0918. The molecule has 0 saturated heterocycles. The number of furan rings is 1. The number of ether oxygens (including phenoxy) is 2. The average molecular weight is 355 g/mol. The van der Waals surface area contributed by atoms with Gasteiger partial charge in [-0.3, -0.25) is 9.48 Å². The smallest absolute Gasteiger partial charge is 0.287 e. The van der Waals surface area contributed by atoms with Gasteiger partial charge in [-0.25, -0.2) is 0 Å². The van der Waals surface area contributed by atoms with Gasteiger partial charge in [0.05, 0.1) is 19.3 Å². The first-order valence-electron chi connectivity index (χ1n) is 8.18. The molecule has 0 bridgehead atoms. The number of nitrogens with one attached hydrogen (secondary N) is 1. The van der Waals surface area contributed by atoms with Crippen LogP contribution in [0.2, 0.25) is 0 Å². The van der Waals surface area contributed by atoms with E-state index in [1.807, 2.05) is 44.3 Å². The minimum Gasteiger partial charge on any atom is -0.497 e. The molecule has 0 saturated carbocycles. The van der Waals surface area contributed by atoms with E-state index in [9.17, 15) is 4.79 Å². The van der Waals surface area contributed by atoms with Crippen molar-refractivity contribution in [3.8, 4) is 11.5 Å². The fraction of sp³-hybridized carbons (Fsp3) is 0.263. The minimum absolute atomic E-state index is 0.235. The fourth-order valence-electron chi connectivity index (χ4n) is 2.38. The highest BCUT2D eigenvalue weighted by Gasteiger charge is 2.12. The first-order valence-corrected chi connectivity index (χ1v) is 8.18. The van der Waals surface area contributed by atoms with Gasteiger partial charge in [0.25, 0.3) is 5.91 Å². The van der Waals surface area contributed by atoms with Gasteiger partial charge in [0.2, 0.25) is 0 Å². The number of carbonyl (C=O) groups excluding carboxylic acids is 1. The Bertz CT molecular complexity index is 861. The topological polar surface area (TPSA) is 78.5 Å². The minimum atomic E-state index is -0.288. The van der Waals surface area contributed by atoms with Crippen LogP contribution in [0.15, 0.2) is 46.9 Å². The summed E-state index contributed by atoms with van der Waals surface area (Å²) in [4.78, 5) is 12.2. The largest absolute Gasteiger partial charge is 0.497 e. The monoisotopic (exact) mass is 355 g/mol. The van der Waals surface area contributed by atoms with Crippen LogP contribution in [-0.2, 0) is 20.2 Å². The molecule has 26 heavy (non-hydrogen) atoms. The van der Waals surface area contributed by atoms with Gasteiger partial charge in [-0.1, -0.05) is 0 Å². The van der Waals surface area contributed by atoms with Crippen LogP contribution in [0.1, 0.15) is 27.7 Å². The standard InChI is InChI=1S/C19H21N3O4/c1-13-10-14(21-22(13)2)11-20-19(23)18-9-8-17(26-18)12-25-16-6-4-15(24-3)5-7-16/h4-10H,11-12H2,1-3H3,(H,20,23). The van der Waals surface area contributed by atoms with Gasteiger partial charge in [0, 0.05) is 12.7 Å². The molecule has 0 spiro atoms. The van der Waals surface area contributed by atoms with Gasteiger partial charge < -0.3 is 19.2 Å². The number of nitrogens with zero attached hydrogens (tertiary/aromatic N) is 2. The lowest BCUT2D eigenvalue weighted by Gasteiger charge is -2.05. The van der Waals surface area contributed by atoms with E-state index in [-0.39, 0.29) is 18.3 Å². The van der Waals surface area contributed by atoms with Gasteiger partial charge in [0.1, 0.15) is 23.9 Å². The Balaban J connectivity index is 1.52. The second-order valence-corrected chi connectivity index (χ2v) is 5.81. The Kier molecular flexibility index (Phi) is 5.26. The maximum atomic E-state index is 12.2. The van der Waals surface area contributed by atoms with Crippen molar-refractivity contribution < 1.29 is 18.7 Å². The van der Waals surface area contributed by atoms with Gasteiger partial charge >= 0.3 is 0 Å². The van der Waals surface area contributed by atoms with Crippen molar-refractivity contribution in [3.05, 3.63) is 65.4 Å². The summed E-state index contributed by atoms with van der Waals surface area (Å²) in [5.74, 6) is 1.98. The lowest BCUT2D eigenvalue weighted by atomic mass is 10.3. The number of amides is 1. The summed E-state index contributed by atoms with van der Waals surface area (Å²) in [6.07, 6.45) is 0. The second-order valence-electron chi connectivity index (χ2n) is 5.81. The Labute approximate surface area is 151 Å². The van der Waals surface area contributed by atoms with E-state index in [2.05, 4.69) is 10.4 Å². The maximum absolute atomic E-state index is 12.2. The van der Waals surface area contributed by atoms with E-state index in [0.29, 0.717) is 18.1 Å². The van der Waals surface area contributed by atoms with Crippen LogP contribution in [-0.4, -0.2) is 22.8 Å². The molecule has 0 atom stereocenters. The normalized spacial score (nSPS) is 10.6. The van der Waals surface area contributed by atoms with E-state index >= 15 is 0 Å². The summed E-state index contributed by atoms with van der Waals surface area (Å²) in [6, 6.07) is 12.5. The van der Waals surface area contributed by atoms with Crippen LogP contribution in [0, 0.1) is 6.92 Å². The molecule has 136 valence electrons. The predicted molar refractivity (Wildman–Crippen MR) is 95.1 cm³/mol. The molecule has 7 nitrogen and oxygen atoms in total. The third kappa shape index (κ3) is 4.24. The molecule has 0 unspecified atom stereocenters. The number of hydrogen-bond donors (Lipinski definition) is 1. The van der Waals surface area contributed by atoms with Gasteiger partial charge in [-0.15, -0.1) is 0 Å². The van der Waals surface area contributed by atoms with Crippen molar-refractivity contribution >= 4 is 5.91 Å². The lowest BCUT2D eigenvalue weighted by Crippen LogP contribution is -2.22. The van der Waals surface area contributed by atoms with Crippen molar-refractivity contribution in [2.75, 3.05) is 7.11 Å². The Morgan fingerprint density at radius 3 is 2.58 bits per heavy atom. The Morgan fingerprint density at radius 1 is 1.19 bits per heavy atom. The number of benzene rings is 1. The van der Waals surface area contributed by atoms with Gasteiger partial charge in [0.15, 0.2) is 5.76 Å². The molecular weight excluding hydrogens is 334 g/mol. The molecule has 0 aliphatic carbocycles. The Hall–Kier alpha value is -3.22. The summed E-state index contributed by atoms with van der Waals surface area (Å²) in [7, 11) is 3.47. The molecule has 0 fully saturated rings. The van der Waals surface area contributed by atoms with Crippen molar-refractivity contribution in [2.45, 2.75) is 20.1 Å². The number of hydrogen-bond acceptors (Lipinski definition) is 5. The molecule has 1 aromatic carbocycles. The summed E-state index contributed by atoms with van der Waals surface area (Å²) in [5.41, 5.74) is 1.83. The van der Waals surface area contributed by atoms with E-state index in [4.69, 9.17) is 13.9 Å². The molecule has 7 heteroatoms. The van der Waals surface area contributed by atoms with Crippen molar-refractivity contribution in [1.29, 1.82) is 0 Å². The quantitative estimate of drug-likeness (QED) is 0.705. The zero-order valence-electron chi connectivity index (χ0n) is 15.0. The Morgan fingerprint density at radius 2 is 1.92 bits per heavy atom. The zero-order chi connectivity index (χ0) is 18.5. The highest BCUT2D eigenvalue weighted by atomic mass is 16.5. The third-order valence-corrected chi connectivity index (χ3v) is 3.92. The van der Waals surface area contributed by atoms with E-state index in [1.165, 1.54) is 0 Å². The number of rotatable bonds is 7. The molecule has 0 aliphatic heterocycles. The first-order chi connectivity index (χ1) is 12.5. The van der Waals surface area contributed by atoms with Crippen molar-refractivity contribution in [2.24, 2.45) is 7.05 Å². The first kappa shape index (κ1) is 17.6. The van der Waals surface area contributed by atoms with Crippen LogP contribution in [0.4, 0.5) is 0 Å². The average Bonchev–Trinajstić information content (AvgIpc) is 3.25. The molecule has 2 heterocycles. The van der Waals surface area contributed by atoms with Gasteiger partial charge in [-0.05, 0) is 49.4 Å². The van der Waals surface area contributed by atoms with Crippen LogP contribution in [0.25, 0.3) is 0 Å². The molecular formula is C19H21N3O4. The van der Waals surface area contributed by atoms with E-state index in [0.717, 1.165) is 17.1 Å². The molecule has 0 radical (unpaired) electrons. The van der Waals surface area contributed by atoms with E-state index < -0.39 is 0 Å². The van der Waals surface area contributed by atoms with Gasteiger partial charge in [-0.2, -0.15) is 5.10 Å². The van der Waals surface area contributed by atoms with Crippen LogP contribution in [0.3, 0.4) is 0 Å². The summed E-state index contributed by atoms with van der Waals surface area (Å²) in [5, 5.41) is 7.09. The third-order valence-electron chi connectivity index (χ3n) is 3.92. The number of aryl methyl sites for hydroxylation is 2. The SMILES string of the molecule is COc1ccc(OCc2ccc(C(=O)NCc3cc(C)n(C)n3)o2)cc1. The molecule has 3 rings (SSSR count). The maximum Gasteiger partial charge on any atom is 0.287 e. The van der Waals surface area contributed by atoms with Crippen LogP contribution < -0.4 is 14.8 Å². The highest BCUT2D eigenvalue weighted by molar-refractivity contribution is 5.91.